The molecule has 0 bridgehead atoms. The number of carbonyl (C=O) groups is 1. The molecule has 1 fully saturated rings. The van der Waals surface area contributed by atoms with Gasteiger partial charge in [-0.05, 0) is 30.7 Å². The summed E-state index contributed by atoms with van der Waals surface area (Å²) < 4.78 is 5.46. The summed E-state index contributed by atoms with van der Waals surface area (Å²) in [4.78, 5) is 11.5. The van der Waals surface area contributed by atoms with Gasteiger partial charge in [0.25, 0.3) is 0 Å². The molecule has 1 aliphatic heterocycles. The minimum absolute atomic E-state index is 0.0869. The largest absolute Gasteiger partial charge is 0.378 e. The highest BCUT2D eigenvalue weighted by Gasteiger charge is 2.16. The molecule has 1 unspecified atom stereocenters. The van der Waals surface area contributed by atoms with E-state index in [-0.39, 0.29) is 5.91 Å². The molecular formula is C11H15NO2S. The Morgan fingerprint density at radius 3 is 3.27 bits per heavy atom. The quantitative estimate of drug-likeness (QED) is 0.855. The zero-order chi connectivity index (χ0) is 10.5. The van der Waals surface area contributed by atoms with Crippen molar-refractivity contribution in [2.24, 2.45) is 0 Å². The molecule has 0 saturated carbocycles. The Hall–Kier alpha value is -0.870. The van der Waals surface area contributed by atoms with E-state index in [4.69, 9.17) is 4.74 Å². The van der Waals surface area contributed by atoms with Gasteiger partial charge in [-0.1, -0.05) is 0 Å². The maximum atomic E-state index is 11.5. The molecule has 1 atom stereocenters. The van der Waals surface area contributed by atoms with Crippen LogP contribution in [0.5, 0.6) is 0 Å². The highest BCUT2D eigenvalue weighted by molar-refractivity contribution is 7.08. The van der Waals surface area contributed by atoms with Crippen molar-refractivity contribution >= 4 is 22.9 Å². The van der Waals surface area contributed by atoms with Gasteiger partial charge < -0.3 is 10.1 Å². The Morgan fingerprint density at radius 2 is 2.60 bits per heavy atom. The van der Waals surface area contributed by atoms with Gasteiger partial charge in [0, 0.05) is 18.4 Å². The average molecular weight is 225 g/mol. The molecule has 3 nitrogen and oxygen atoms in total. The van der Waals surface area contributed by atoms with Crippen LogP contribution in [0.4, 0.5) is 5.69 Å². The summed E-state index contributed by atoms with van der Waals surface area (Å²) in [6, 6.07) is 1.91. The average Bonchev–Trinajstić information content (AvgIpc) is 2.86. The lowest BCUT2D eigenvalue weighted by molar-refractivity contribution is -0.116. The van der Waals surface area contributed by atoms with E-state index in [9.17, 15) is 4.79 Å². The maximum absolute atomic E-state index is 11.5. The van der Waals surface area contributed by atoms with Gasteiger partial charge in [-0.3, -0.25) is 4.79 Å². The van der Waals surface area contributed by atoms with Crippen molar-refractivity contribution in [1.82, 2.24) is 0 Å². The van der Waals surface area contributed by atoms with Crippen molar-refractivity contribution in [3.63, 3.8) is 0 Å². The number of amides is 1. The number of carbonyl (C=O) groups excluding carboxylic acids is 1. The number of hydrogen-bond acceptors (Lipinski definition) is 3. The van der Waals surface area contributed by atoms with Crippen molar-refractivity contribution in [2.75, 3.05) is 11.9 Å². The summed E-state index contributed by atoms with van der Waals surface area (Å²) in [5.74, 6) is 0.0869. The van der Waals surface area contributed by atoms with E-state index in [1.165, 1.54) is 0 Å². The molecule has 1 N–H and O–H groups in total. The molecular weight excluding hydrogens is 210 g/mol. The van der Waals surface area contributed by atoms with E-state index < -0.39 is 0 Å². The minimum atomic E-state index is 0.0869. The molecule has 1 aromatic heterocycles. The zero-order valence-electron chi connectivity index (χ0n) is 8.57. The first-order valence-electron chi connectivity index (χ1n) is 5.28. The third-order valence-corrected chi connectivity index (χ3v) is 3.21. The van der Waals surface area contributed by atoms with Gasteiger partial charge in [-0.2, -0.15) is 11.3 Å². The SMILES string of the molecule is O=C(CCC1CCCO1)Nc1ccsc1. The van der Waals surface area contributed by atoms with Gasteiger partial charge in [-0.15, -0.1) is 0 Å². The third kappa shape index (κ3) is 3.32. The van der Waals surface area contributed by atoms with E-state index in [1.54, 1.807) is 11.3 Å². The normalized spacial score (nSPS) is 20.4. The second-order valence-electron chi connectivity index (χ2n) is 3.73. The molecule has 15 heavy (non-hydrogen) atoms. The molecule has 0 aliphatic carbocycles. The van der Waals surface area contributed by atoms with Crippen molar-refractivity contribution < 1.29 is 9.53 Å². The van der Waals surface area contributed by atoms with Crippen LogP contribution in [0, 0.1) is 0 Å². The first-order valence-corrected chi connectivity index (χ1v) is 6.22. The van der Waals surface area contributed by atoms with Crippen molar-refractivity contribution in [1.29, 1.82) is 0 Å². The maximum Gasteiger partial charge on any atom is 0.224 e. The Balaban J connectivity index is 1.68. The molecule has 2 rings (SSSR count). The summed E-state index contributed by atoms with van der Waals surface area (Å²) in [6.45, 7) is 0.858. The monoisotopic (exact) mass is 225 g/mol. The van der Waals surface area contributed by atoms with E-state index in [0.29, 0.717) is 12.5 Å². The minimum Gasteiger partial charge on any atom is -0.378 e. The van der Waals surface area contributed by atoms with Crippen LogP contribution in [0.1, 0.15) is 25.7 Å². The van der Waals surface area contributed by atoms with E-state index in [0.717, 1.165) is 31.6 Å². The predicted octanol–water partition coefficient (Wildman–Crippen LogP) is 2.65. The number of thiophene rings is 1. The van der Waals surface area contributed by atoms with Crippen LogP contribution >= 0.6 is 11.3 Å². The zero-order valence-corrected chi connectivity index (χ0v) is 9.39. The molecule has 1 aliphatic rings. The summed E-state index contributed by atoms with van der Waals surface area (Å²) in [5, 5.41) is 6.75. The summed E-state index contributed by atoms with van der Waals surface area (Å²) in [6.07, 6.45) is 3.94. The van der Waals surface area contributed by atoms with E-state index in [2.05, 4.69) is 5.32 Å². The molecule has 1 saturated heterocycles. The van der Waals surface area contributed by atoms with Crippen molar-refractivity contribution in [3.8, 4) is 0 Å². The summed E-state index contributed by atoms with van der Waals surface area (Å²) in [5.41, 5.74) is 0.900. The predicted molar refractivity (Wildman–Crippen MR) is 61.2 cm³/mol. The first kappa shape index (κ1) is 10.6. The van der Waals surface area contributed by atoms with Crippen LogP contribution in [0.15, 0.2) is 16.8 Å². The molecule has 1 aromatic rings. The van der Waals surface area contributed by atoms with E-state index >= 15 is 0 Å². The summed E-state index contributed by atoms with van der Waals surface area (Å²) in [7, 11) is 0. The standard InChI is InChI=1S/C11H15NO2S/c13-11(12-9-5-7-15-8-9)4-3-10-2-1-6-14-10/h5,7-8,10H,1-4,6H2,(H,12,13). The fourth-order valence-corrected chi connectivity index (χ4v) is 2.31. The summed E-state index contributed by atoms with van der Waals surface area (Å²) >= 11 is 1.59. The van der Waals surface area contributed by atoms with Gasteiger partial charge >= 0.3 is 0 Å². The third-order valence-electron chi connectivity index (χ3n) is 2.52. The number of anilines is 1. The topological polar surface area (TPSA) is 38.3 Å². The Morgan fingerprint density at radius 1 is 1.67 bits per heavy atom. The Bertz CT molecular complexity index is 304. The van der Waals surface area contributed by atoms with Crippen LogP contribution in [0.2, 0.25) is 0 Å². The molecule has 82 valence electrons. The van der Waals surface area contributed by atoms with Crippen LogP contribution in [0.3, 0.4) is 0 Å². The second-order valence-corrected chi connectivity index (χ2v) is 4.51. The number of nitrogens with one attached hydrogen (secondary N) is 1. The van der Waals surface area contributed by atoms with Gasteiger partial charge in [0.2, 0.25) is 5.91 Å². The highest BCUT2D eigenvalue weighted by Crippen LogP contribution is 2.17. The van der Waals surface area contributed by atoms with Gasteiger partial charge in [-0.25, -0.2) is 0 Å². The molecule has 2 heterocycles. The van der Waals surface area contributed by atoms with Gasteiger partial charge in [0.05, 0.1) is 11.8 Å². The molecule has 1 amide bonds. The first-order chi connectivity index (χ1) is 7.34. The number of hydrogen-bond donors (Lipinski definition) is 1. The lowest BCUT2D eigenvalue weighted by atomic mass is 10.1. The number of rotatable bonds is 4. The van der Waals surface area contributed by atoms with E-state index in [1.807, 2.05) is 16.8 Å². The Kier molecular flexibility index (Phi) is 3.75. The molecule has 0 radical (unpaired) electrons. The van der Waals surface area contributed by atoms with Crippen LogP contribution in [0.25, 0.3) is 0 Å². The fourth-order valence-electron chi connectivity index (χ4n) is 1.72. The van der Waals surface area contributed by atoms with Crippen molar-refractivity contribution in [2.45, 2.75) is 31.8 Å². The van der Waals surface area contributed by atoms with Gasteiger partial charge in [0.1, 0.15) is 0 Å². The second kappa shape index (κ2) is 5.28. The van der Waals surface area contributed by atoms with Crippen LogP contribution in [-0.4, -0.2) is 18.6 Å². The fraction of sp³-hybridized carbons (Fsp3) is 0.545. The Labute approximate surface area is 93.4 Å². The molecule has 0 spiro atoms. The lowest BCUT2D eigenvalue weighted by Crippen LogP contribution is -2.14. The van der Waals surface area contributed by atoms with Crippen LogP contribution < -0.4 is 5.32 Å². The number of ether oxygens (including phenoxy) is 1. The van der Waals surface area contributed by atoms with Crippen LogP contribution in [-0.2, 0) is 9.53 Å². The smallest absolute Gasteiger partial charge is 0.224 e. The lowest BCUT2D eigenvalue weighted by Gasteiger charge is -2.08. The van der Waals surface area contributed by atoms with Gasteiger partial charge in [0.15, 0.2) is 0 Å². The molecule has 4 heteroatoms. The molecule has 0 aromatic carbocycles. The highest BCUT2D eigenvalue weighted by atomic mass is 32.1. The van der Waals surface area contributed by atoms with Crippen molar-refractivity contribution in [3.05, 3.63) is 16.8 Å².